The van der Waals surface area contributed by atoms with Gasteiger partial charge in [-0.1, -0.05) is 11.6 Å². The first-order chi connectivity index (χ1) is 12.0. The fourth-order valence-electron chi connectivity index (χ4n) is 3.06. The number of hydrazine groups is 2. The molecule has 0 spiro atoms. The molecule has 0 saturated carbocycles. The quantitative estimate of drug-likeness (QED) is 0.745. The summed E-state index contributed by atoms with van der Waals surface area (Å²) in [7, 11) is 0. The third kappa shape index (κ3) is 2.63. The maximum Gasteiger partial charge on any atom is 0.326 e. The molecule has 0 bridgehead atoms. The van der Waals surface area contributed by atoms with Gasteiger partial charge in [-0.05, 0) is 24.6 Å². The summed E-state index contributed by atoms with van der Waals surface area (Å²) in [4.78, 5) is 28.3. The Hall–Kier alpha value is -2.91. The summed E-state index contributed by atoms with van der Waals surface area (Å²) in [6, 6.07) is 5.67. The summed E-state index contributed by atoms with van der Waals surface area (Å²) >= 11 is 6.12. The molecule has 0 fully saturated rings. The predicted molar refractivity (Wildman–Crippen MR) is 91.2 cm³/mol. The van der Waals surface area contributed by atoms with Crippen LogP contribution in [0.15, 0.2) is 34.2 Å². The Morgan fingerprint density at radius 2 is 2.20 bits per heavy atom. The number of hydrazone groups is 1. The van der Waals surface area contributed by atoms with Gasteiger partial charge in [-0.25, -0.2) is 20.3 Å². The molecule has 2 aromatic rings. The monoisotopic (exact) mass is 360 g/mol. The highest BCUT2D eigenvalue weighted by molar-refractivity contribution is 6.31. The van der Waals surface area contributed by atoms with Crippen molar-refractivity contribution in [3.63, 3.8) is 0 Å². The zero-order valence-corrected chi connectivity index (χ0v) is 13.6. The maximum atomic E-state index is 12.5. The molecule has 1 atom stereocenters. The molecule has 1 unspecified atom stereocenters. The zero-order valence-electron chi connectivity index (χ0n) is 12.8. The van der Waals surface area contributed by atoms with E-state index >= 15 is 0 Å². The van der Waals surface area contributed by atoms with Gasteiger partial charge in [0.2, 0.25) is 0 Å². The van der Waals surface area contributed by atoms with Crippen LogP contribution in [0.4, 0.5) is 5.69 Å². The number of carboxylic acids is 1. The summed E-state index contributed by atoms with van der Waals surface area (Å²) in [6.45, 7) is 0. The number of hydrogen-bond acceptors (Lipinski definition) is 7. The van der Waals surface area contributed by atoms with E-state index < -0.39 is 17.6 Å². The first kappa shape index (κ1) is 15.6. The van der Waals surface area contributed by atoms with Gasteiger partial charge in [-0.15, -0.1) is 5.53 Å². The van der Waals surface area contributed by atoms with Crippen molar-refractivity contribution in [3.8, 4) is 11.3 Å². The van der Waals surface area contributed by atoms with Crippen molar-refractivity contribution in [1.29, 1.82) is 0 Å². The van der Waals surface area contributed by atoms with Crippen molar-refractivity contribution in [2.75, 3.05) is 5.01 Å². The number of carbonyl (C=O) groups is 1. The molecule has 4 rings (SSSR count). The number of aryl methyl sites for hydroxylation is 1. The Morgan fingerprint density at radius 1 is 1.36 bits per heavy atom. The standard InChI is InChI=1S/C15H13ClN6O3/c16-8-1-2-11(21-7-17-19-20-21)9(5-8)10-6-14(23)22-12(15(24)25)3-4-13(22)18-10/h1-2,5-7,12,19-20H,3-4H2,(H,24,25). The van der Waals surface area contributed by atoms with E-state index in [9.17, 15) is 14.7 Å². The zero-order chi connectivity index (χ0) is 17.6. The molecule has 0 radical (unpaired) electrons. The predicted octanol–water partition coefficient (Wildman–Crippen LogP) is 0.908. The Bertz CT molecular complexity index is 957. The van der Waals surface area contributed by atoms with Gasteiger partial charge in [0.1, 0.15) is 18.2 Å². The highest BCUT2D eigenvalue weighted by Gasteiger charge is 2.30. The minimum Gasteiger partial charge on any atom is -0.480 e. The SMILES string of the molecule is O=C(O)C1CCc2nc(-c3cc(Cl)ccc3N3C=NNN3)cc(=O)n21. The molecule has 128 valence electrons. The number of hydrogen-bond donors (Lipinski definition) is 3. The molecule has 3 heterocycles. The molecule has 9 nitrogen and oxygen atoms in total. The summed E-state index contributed by atoms with van der Waals surface area (Å²) in [5, 5.41) is 15.2. The topological polar surface area (TPSA) is 112 Å². The first-order valence-electron chi connectivity index (χ1n) is 7.53. The Labute approximate surface area is 146 Å². The summed E-state index contributed by atoms with van der Waals surface area (Å²) in [6.07, 6.45) is 2.32. The first-order valence-corrected chi connectivity index (χ1v) is 7.90. The van der Waals surface area contributed by atoms with Crippen molar-refractivity contribution in [1.82, 2.24) is 20.6 Å². The Kier molecular flexibility index (Phi) is 3.66. The summed E-state index contributed by atoms with van der Waals surface area (Å²) < 4.78 is 1.24. The van der Waals surface area contributed by atoms with E-state index in [-0.39, 0.29) is 0 Å². The number of carboxylic acid groups (broad SMARTS) is 1. The molecule has 3 N–H and O–H groups in total. The second-order valence-corrected chi connectivity index (χ2v) is 6.09. The van der Waals surface area contributed by atoms with Gasteiger partial charge >= 0.3 is 5.97 Å². The van der Waals surface area contributed by atoms with Gasteiger partial charge in [0.05, 0.1) is 11.4 Å². The number of halogens is 1. The Morgan fingerprint density at radius 3 is 2.92 bits per heavy atom. The van der Waals surface area contributed by atoms with Gasteiger partial charge in [0, 0.05) is 23.1 Å². The number of nitrogens with zero attached hydrogens (tertiary/aromatic N) is 4. The van der Waals surface area contributed by atoms with E-state index in [0.29, 0.717) is 40.6 Å². The van der Waals surface area contributed by atoms with Crippen LogP contribution >= 0.6 is 11.6 Å². The van der Waals surface area contributed by atoms with Crippen LogP contribution in [-0.4, -0.2) is 27.0 Å². The van der Waals surface area contributed by atoms with Crippen LogP contribution in [-0.2, 0) is 11.2 Å². The van der Waals surface area contributed by atoms with Crippen LogP contribution < -0.4 is 21.6 Å². The van der Waals surface area contributed by atoms with Crippen molar-refractivity contribution < 1.29 is 9.90 Å². The fraction of sp³-hybridized carbons (Fsp3) is 0.200. The average Bonchev–Trinajstić information content (AvgIpc) is 3.24. The lowest BCUT2D eigenvalue weighted by molar-refractivity contribution is -0.140. The third-order valence-corrected chi connectivity index (χ3v) is 4.40. The highest BCUT2D eigenvalue weighted by Crippen LogP contribution is 2.32. The van der Waals surface area contributed by atoms with Crippen LogP contribution in [0.2, 0.25) is 5.02 Å². The van der Waals surface area contributed by atoms with Gasteiger partial charge in [-0.3, -0.25) is 9.36 Å². The lowest BCUT2D eigenvalue weighted by atomic mass is 10.1. The second-order valence-electron chi connectivity index (χ2n) is 5.66. The van der Waals surface area contributed by atoms with Crippen molar-refractivity contribution in [2.45, 2.75) is 18.9 Å². The van der Waals surface area contributed by atoms with E-state index in [1.807, 2.05) is 0 Å². The second kappa shape index (κ2) is 5.87. The summed E-state index contributed by atoms with van der Waals surface area (Å²) in [5.41, 5.74) is 6.79. The smallest absolute Gasteiger partial charge is 0.326 e. The Balaban J connectivity index is 1.85. The molecular formula is C15H13ClN6O3. The van der Waals surface area contributed by atoms with Gasteiger partial charge in [0.15, 0.2) is 0 Å². The average molecular weight is 361 g/mol. The van der Waals surface area contributed by atoms with E-state index in [4.69, 9.17) is 11.6 Å². The van der Waals surface area contributed by atoms with Crippen molar-refractivity contribution in [3.05, 3.63) is 45.5 Å². The molecule has 1 aromatic heterocycles. The normalized spacial score (nSPS) is 18.3. The molecule has 0 saturated heterocycles. The van der Waals surface area contributed by atoms with Crippen LogP contribution in [0.1, 0.15) is 18.3 Å². The molecule has 10 heteroatoms. The maximum absolute atomic E-state index is 12.5. The number of aliphatic carboxylic acids is 1. The fourth-order valence-corrected chi connectivity index (χ4v) is 3.23. The molecule has 0 aliphatic carbocycles. The number of anilines is 1. The van der Waals surface area contributed by atoms with Crippen molar-refractivity contribution in [2.24, 2.45) is 5.10 Å². The van der Waals surface area contributed by atoms with Crippen LogP contribution in [0.25, 0.3) is 11.3 Å². The minimum atomic E-state index is -1.03. The molecule has 25 heavy (non-hydrogen) atoms. The number of rotatable bonds is 3. The minimum absolute atomic E-state index is 0.355. The number of nitrogens with one attached hydrogen (secondary N) is 2. The molecule has 1 aromatic carbocycles. The number of aromatic nitrogens is 2. The largest absolute Gasteiger partial charge is 0.480 e. The van der Waals surface area contributed by atoms with E-state index in [2.05, 4.69) is 21.2 Å². The summed E-state index contributed by atoms with van der Waals surface area (Å²) in [5.74, 6) is -0.565. The van der Waals surface area contributed by atoms with Gasteiger partial charge in [-0.2, -0.15) is 5.10 Å². The highest BCUT2D eigenvalue weighted by atomic mass is 35.5. The van der Waals surface area contributed by atoms with E-state index in [0.717, 1.165) is 0 Å². The van der Waals surface area contributed by atoms with E-state index in [1.165, 1.54) is 17.0 Å². The molecule has 0 amide bonds. The molecule has 2 aliphatic rings. The lowest BCUT2D eigenvalue weighted by Crippen LogP contribution is -2.37. The number of fused-ring (bicyclic) bond motifs is 1. The van der Waals surface area contributed by atoms with Crippen LogP contribution in [0, 0.1) is 0 Å². The van der Waals surface area contributed by atoms with Crippen molar-refractivity contribution >= 4 is 29.6 Å². The lowest BCUT2D eigenvalue weighted by Gasteiger charge is -2.18. The molecule has 2 aliphatic heterocycles. The van der Waals surface area contributed by atoms with Crippen LogP contribution in [0.5, 0.6) is 0 Å². The number of benzene rings is 1. The molecular weight excluding hydrogens is 348 g/mol. The third-order valence-electron chi connectivity index (χ3n) is 4.17. The van der Waals surface area contributed by atoms with Gasteiger partial charge < -0.3 is 5.11 Å². The van der Waals surface area contributed by atoms with Crippen LogP contribution in [0.3, 0.4) is 0 Å². The van der Waals surface area contributed by atoms with Gasteiger partial charge in [0.25, 0.3) is 5.56 Å². The van der Waals surface area contributed by atoms with E-state index in [1.54, 1.807) is 23.2 Å².